The van der Waals surface area contributed by atoms with Crippen LogP contribution in [0.4, 0.5) is 0 Å². The van der Waals surface area contributed by atoms with Crippen LogP contribution >= 0.6 is 0 Å². The highest BCUT2D eigenvalue weighted by Gasteiger charge is 2.16. The number of esters is 2. The van der Waals surface area contributed by atoms with E-state index in [1.54, 1.807) is 0 Å². The van der Waals surface area contributed by atoms with Gasteiger partial charge in [0.05, 0.1) is 6.61 Å². The summed E-state index contributed by atoms with van der Waals surface area (Å²) in [6, 6.07) is 0. The summed E-state index contributed by atoms with van der Waals surface area (Å²) in [5.41, 5.74) is 0. The van der Waals surface area contributed by atoms with Crippen molar-refractivity contribution < 1.29 is 24.2 Å². The minimum atomic E-state index is -0.771. The Morgan fingerprint density at radius 2 is 0.588 bits per heavy atom. The Balaban J connectivity index is 3.41. The summed E-state index contributed by atoms with van der Waals surface area (Å²) in [4.78, 5) is 24.5. The maximum absolute atomic E-state index is 12.3. The van der Waals surface area contributed by atoms with Crippen molar-refractivity contribution in [3.63, 3.8) is 0 Å². The van der Waals surface area contributed by atoms with Gasteiger partial charge in [0.2, 0.25) is 0 Å². The van der Waals surface area contributed by atoms with Crippen LogP contribution in [-0.4, -0.2) is 36.4 Å². The topological polar surface area (TPSA) is 72.8 Å². The maximum Gasteiger partial charge on any atom is 0.306 e. The Morgan fingerprint density at radius 3 is 0.882 bits per heavy atom. The van der Waals surface area contributed by atoms with E-state index in [4.69, 9.17) is 9.47 Å². The number of hydrogen-bond donors (Lipinski definition) is 1. The summed E-state index contributed by atoms with van der Waals surface area (Å²) in [6.45, 7) is 4.17. The summed E-state index contributed by atoms with van der Waals surface area (Å²) in [5.74, 6) is -0.574. The molecule has 0 bridgehead atoms. The Bertz CT molecular complexity index is 1080. The van der Waals surface area contributed by atoms with Gasteiger partial charge < -0.3 is 14.6 Å². The van der Waals surface area contributed by atoms with Gasteiger partial charge in [0.15, 0.2) is 6.10 Å². The molecule has 0 spiro atoms. The van der Waals surface area contributed by atoms with Gasteiger partial charge in [0.25, 0.3) is 0 Å². The molecule has 0 saturated carbocycles. The van der Waals surface area contributed by atoms with Crippen molar-refractivity contribution in [1.29, 1.82) is 0 Å². The van der Waals surface area contributed by atoms with Crippen LogP contribution in [0.5, 0.6) is 0 Å². The average Bonchev–Trinajstić information content (AvgIpc) is 3.34. The number of carbonyl (C=O) groups excluding carboxylic acids is 2. The minimum Gasteiger partial charge on any atom is -0.462 e. The molecule has 1 unspecified atom stereocenters. The second kappa shape index (κ2) is 59.4. The standard InChI is InChI=1S/C63H118O5/c1-3-5-7-9-11-13-15-17-19-21-23-25-26-27-28-29-30-31-32-33-34-35-36-38-40-42-44-46-48-50-52-54-56-58-63(66)68-61(59-64)60-67-62(65)57-55-53-51-49-47-45-43-41-39-37-24-22-20-18-16-14-12-10-8-6-4-2/h15,17,21-24,61,64H,3-14,16,18-20,25-60H2,1-2H3/b17-15-,23-21-,24-22-. The largest absolute Gasteiger partial charge is 0.462 e. The van der Waals surface area contributed by atoms with Crippen LogP contribution in [-0.2, 0) is 19.1 Å². The molecule has 5 nitrogen and oxygen atoms in total. The molecule has 0 aliphatic heterocycles. The van der Waals surface area contributed by atoms with Crippen molar-refractivity contribution in [2.24, 2.45) is 0 Å². The second-order valence-corrected chi connectivity index (χ2v) is 20.8. The van der Waals surface area contributed by atoms with E-state index in [0.717, 1.165) is 44.9 Å². The number of carbonyl (C=O) groups is 2. The van der Waals surface area contributed by atoms with Gasteiger partial charge in [-0.15, -0.1) is 0 Å². The van der Waals surface area contributed by atoms with Gasteiger partial charge in [0.1, 0.15) is 6.61 Å². The van der Waals surface area contributed by atoms with E-state index in [9.17, 15) is 14.7 Å². The number of aliphatic hydroxyl groups is 1. The predicted molar refractivity (Wildman–Crippen MR) is 298 cm³/mol. The molecule has 1 N–H and O–H groups in total. The number of aliphatic hydroxyl groups excluding tert-OH is 1. The van der Waals surface area contributed by atoms with Gasteiger partial charge >= 0.3 is 11.9 Å². The zero-order chi connectivity index (χ0) is 49.2. The summed E-state index contributed by atoms with van der Waals surface area (Å²) < 4.78 is 10.7. The molecule has 0 aromatic carbocycles. The molecule has 400 valence electrons. The van der Waals surface area contributed by atoms with Gasteiger partial charge in [-0.3, -0.25) is 9.59 Å². The molecule has 0 amide bonds. The fourth-order valence-electron chi connectivity index (χ4n) is 9.29. The Hall–Kier alpha value is -1.88. The van der Waals surface area contributed by atoms with Crippen LogP contribution in [0.1, 0.15) is 335 Å². The summed E-state index contributed by atoms with van der Waals surface area (Å²) >= 11 is 0. The number of ether oxygens (including phenoxy) is 2. The quantitative estimate of drug-likeness (QED) is 0.0374. The minimum absolute atomic E-state index is 0.0620. The Labute approximate surface area is 425 Å². The molecule has 0 rings (SSSR count). The van der Waals surface area contributed by atoms with Crippen molar-refractivity contribution in [2.75, 3.05) is 13.2 Å². The molecule has 0 saturated heterocycles. The van der Waals surface area contributed by atoms with E-state index in [-0.39, 0.29) is 25.2 Å². The number of unbranched alkanes of at least 4 members (excludes halogenated alkanes) is 43. The van der Waals surface area contributed by atoms with Crippen LogP contribution in [0.15, 0.2) is 36.5 Å². The van der Waals surface area contributed by atoms with Crippen LogP contribution in [0.2, 0.25) is 0 Å². The van der Waals surface area contributed by atoms with E-state index in [1.165, 1.54) is 263 Å². The van der Waals surface area contributed by atoms with Crippen molar-refractivity contribution in [2.45, 2.75) is 341 Å². The van der Waals surface area contributed by atoms with Crippen LogP contribution in [0.3, 0.4) is 0 Å². The maximum atomic E-state index is 12.3. The van der Waals surface area contributed by atoms with Crippen LogP contribution in [0.25, 0.3) is 0 Å². The lowest BCUT2D eigenvalue weighted by Gasteiger charge is -2.15. The zero-order valence-electron chi connectivity index (χ0n) is 45.9. The van der Waals surface area contributed by atoms with Gasteiger partial charge in [-0.2, -0.15) is 0 Å². The summed E-state index contributed by atoms with van der Waals surface area (Å²) in [6.07, 6.45) is 77.1. The van der Waals surface area contributed by atoms with Crippen LogP contribution < -0.4 is 0 Å². The number of rotatable bonds is 57. The van der Waals surface area contributed by atoms with E-state index in [1.807, 2.05) is 0 Å². The van der Waals surface area contributed by atoms with Gasteiger partial charge in [-0.25, -0.2) is 0 Å². The lowest BCUT2D eigenvalue weighted by atomic mass is 10.0. The van der Waals surface area contributed by atoms with E-state index in [0.29, 0.717) is 12.8 Å². The predicted octanol–water partition coefficient (Wildman–Crippen LogP) is 20.6. The molecule has 0 aromatic rings. The second-order valence-electron chi connectivity index (χ2n) is 20.8. The Morgan fingerprint density at radius 1 is 0.338 bits per heavy atom. The SMILES string of the molecule is CCCCCCC/C=C\C/C=C\CCCCCCCCCCCCCCCCCCCCCCCC(=O)OC(CO)COC(=O)CCCCCCCCCCC/C=C\CCCCCCCCCC. The molecule has 0 radical (unpaired) electrons. The average molecular weight is 956 g/mol. The fourth-order valence-corrected chi connectivity index (χ4v) is 9.29. The van der Waals surface area contributed by atoms with Crippen molar-refractivity contribution >= 4 is 11.9 Å². The third-order valence-corrected chi connectivity index (χ3v) is 13.9. The molecule has 0 fully saturated rings. The highest BCUT2D eigenvalue weighted by Crippen LogP contribution is 2.17. The number of allylic oxidation sites excluding steroid dienone is 6. The molecule has 5 heteroatoms. The van der Waals surface area contributed by atoms with Crippen molar-refractivity contribution in [1.82, 2.24) is 0 Å². The molecule has 0 aliphatic rings. The van der Waals surface area contributed by atoms with Crippen molar-refractivity contribution in [3.8, 4) is 0 Å². The number of hydrogen-bond acceptors (Lipinski definition) is 5. The third-order valence-electron chi connectivity index (χ3n) is 13.9. The van der Waals surface area contributed by atoms with E-state index >= 15 is 0 Å². The van der Waals surface area contributed by atoms with Crippen LogP contribution in [0, 0.1) is 0 Å². The first-order valence-corrected chi connectivity index (χ1v) is 30.5. The summed E-state index contributed by atoms with van der Waals surface area (Å²) in [5, 5.41) is 9.66. The van der Waals surface area contributed by atoms with E-state index in [2.05, 4.69) is 50.3 Å². The smallest absolute Gasteiger partial charge is 0.306 e. The molecule has 1 atom stereocenters. The molecule has 0 aromatic heterocycles. The fraction of sp³-hybridized carbons (Fsp3) is 0.873. The van der Waals surface area contributed by atoms with Crippen molar-refractivity contribution in [3.05, 3.63) is 36.5 Å². The monoisotopic (exact) mass is 955 g/mol. The first-order chi connectivity index (χ1) is 33.6. The lowest BCUT2D eigenvalue weighted by molar-refractivity contribution is -0.161. The first kappa shape index (κ1) is 66.1. The summed E-state index contributed by atoms with van der Waals surface area (Å²) in [7, 11) is 0. The lowest BCUT2D eigenvalue weighted by Crippen LogP contribution is -2.28. The zero-order valence-corrected chi connectivity index (χ0v) is 45.9. The molecule has 68 heavy (non-hydrogen) atoms. The molecular weight excluding hydrogens is 837 g/mol. The van der Waals surface area contributed by atoms with E-state index < -0.39 is 6.10 Å². The van der Waals surface area contributed by atoms with Gasteiger partial charge in [-0.05, 0) is 70.6 Å². The first-order valence-electron chi connectivity index (χ1n) is 30.5. The van der Waals surface area contributed by atoms with Gasteiger partial charge in [0, 0.05) is 12.8 Å². The highest BCUT2D eigenvalue weighted by molar-refractivity contribution is 5.70. The molecule has 0 heterocycles. The molecular formula is C63H118O5. The highest BCUT2D eigenvalue weighted by atomic mass is 16.6. The molecule has 0 aliphatic carbocycles. The van der Waals surface area contributed by atoms with Gasteiger partial charge in [-0.1, -0.05) is 288 Å². The normalized spacial score (nSPS) is 12.3. The Kier molecular flexibility index (Phi) is 57.8. The third kappa shape index (κ3) is 56.7.